The maximum Gasteiger partial charge on any atom is 0.243 e. The van der Waals surface area contributed by atoms with Crippen molar-refractivity contribution >= 4 is 21.6 Å². The number of nitrogens with zero attached hydrogens (tertiary/aromatic N) is 3. The summed E-state index contributed by atoms with van der Waals surface area (Å²) < 4.78 is 26.9. The molecule has 2 aliphatic heterocycles. The minimum absolute atomic E-state index is 0.165. The summed E-state index contributed by atoms with van der Waals surface area (Å²) in [4.78, 5) is 2.52. The Morgan fingerprint density at radius 3 is 2.81 bits per heavy atom. The topological polar surface area (TPSA) is 64.4 Å². The van der Waals surface area contributed by atoms with E-state index in [9.17, 15) is 8.42 Å². The predicted octanol–water partition coefficient (Wildman–Crippen LogP) is 1.68. The van der Waals surface area contributed by atoms with Gasteiger partial charge in [0.05, 0.1) is 15.5 Å². The standard InChI is InChI=1S/C14H16ClN3O2S/c15-14-8-13(4-3-11(14)9-16)21(19,20)18-7-6-17-5-1-2-12(17)10-18/h3-4,8,12H,1-2,5-7,10H2. The van der Waals surface area contributed by atoms with Crippen LogP contribution in [0.1, 0.15) is 18.4 Å². The van der Waals surface area contributed by atoms with E-state index in [0.29, 0.717) is 19.1 Å². The van der Waals surface area contributed by atoms with Gasteiger partial charge in [0.2, 0.25) is 10.0 Å². The molecule has 2 fully saturated rings. The van der Waals surface area contributed by atoms with Crippen LogP contribution >= 0.6 is 11.6 Å². The van der Waals surface area contributed by atoms with Crippen LogP contribution in [-0.2, 0) is 10.0 Å². The molecule has 21 heavy (non-hydrogen) atoms. The lowest BCUT2D eigenvalue weighted by Gasteiger charge is -2.36. The zero-order chi connectivity index (χ0) is 15.0. The molecule has 2 aliphatic rings. The van der Waals surface area contributed by atoms with Gasteiger partial charge in [-0.3, -0.25) is 4.90 Å². The van der Waals surface area contributed by atoms with Crippen LogP contribution in [0.5, 0.6) is 0 Å². The van der Waals surface area contributed by atoms with E-state index in [2.05, 4.69) is 4.90 Å². The predicted molar refractivity (Wildman–Crippen MR) is 79.5 cm³/mol. The summed E-state index contributed by atoms with van der Waals surface area (Å²) in [5.74, 6) is 0. The van der Waals surface area contributed by atoms with Crippen molar-refractivity contribution in [1.29, 1.82) is 5.26 Å². The van der Waals surface area contributed by atoms with Crippen molar-refractivity contribution in [2.45, 2.75) is 23.8 Å². The van der Waals surface area contributed by atoms with Gasteiger partial charge in [-0.15, -0.1) is 0 Å². The first kappa shape index (κ1) is 14.8. The van der Waals surface area contributed by atoms with Gasteiger partial charge < -0.3 is 0 Å². The average molecular weight is 326 g/mol. The molecule has 112 valence electrons. The molecule has 2 heterocycles. The highest BCUT2D eigenvalue weighted by Crippen LogP contribution is 2.27. The molecular formula is C14H16ClN3O2S. The van der Waals surface area contributed by atoms with E-state index in [-0.39, 0.29) is 15.5 Å². The van der Waals surface area contributed by atoms with Crippen LogP contribution in [0.15, 0.2) is 23.1 Å². The molecule has 0 radical (unpaired) electrons. The van der Waals surface area contributed by atoms with E-state index in [4.69, 9.17) is 16.9 Å². The van der Waals surface area contributed by atoms with E-state index in [1.165, 1.54) is 22.5 Å². The van der Waals surface area contributed by atoms with Crippen LogP contribution in [0.3, 0.4) is 0 Å². The number of nitriles is 1. The largest absolute Gasteiger partial charge is 0.298 e. The van der Waals surface area contributed by atoms with Crippen molar-refractivity contribution in [1.82, 2.24) is 9.21 Å². The molecule has 0 bridgehead atoms. The lowest BCUT2D eigenvalue weighted by molar-refractivity contribution is 0.158. The molecule has 0 amide bonds. The number of piperazine rings is 1. The first-order valence-corrected chi connectivity index (χ1v) is 8.78. The smallest absolute Gasteiger partial charge is 0.243 e. The van der Waals surface area contributed by atoms with Crippen LogP contribution in [0.2, 0.25) is 5.02 Å². The van der Waals surface area contributed by atoms with Gasteiger partial charge in [-0.25, -0.2) is 8.42 Å². The van der Waals surface area contributed by atoms with E-state index in [0.717, 1.165) is 25.9 Å². The van der Waals surface area contributed by atoms with Gasteiger partial charge in [0.15, 0.2) is 0 Å². The SMILES string of the molecule is N#Cc1ccc(S(=O)(=O)N2CCN3CCCC3C2)cc1Cl. The number of hydrogen-bond acceptors (Lipinski definition) is 4. The van der Waals surface area contributed by atoms with Gasteiger partial charge in [0.1, 0.15) is 6.07 Å². The second kappa shape index (κ2) is 5.58. The summed E-state index contributed by atoms with van der Waals surface area (Å²) in [5, 5.41) is 9.04. The Kier molecular flexibility index (Phi) is 3.93. The molecule has 7 heteroatoms. The third kappa shape index (κ3) is 2.67. The van der Waals surface area contributed by atoms with Crippen molar-refractivity contribution < 1.29 is 8.42 Å². The molecule has 0 aromatic heterocycles. The molecule has 3 rings (SSSR count). The minimum Gasteiger partial charge on any atom is -0.298 e. The number of fused-ring (bicyclic) bond motifs is 1. The average Bonchev–Trinajstić information content (AvgIpc) is 2.94. The van der Waals surface area contributed by atoms with Gasteiger partial charge >= 0.3 is 0 Å². The van der Waals surface area contributed by atoms with Crippen molar-refractivity contribution in [3.8, 4) is 6.07 Å². The van der Waals surface area contributed by atoms with Crippen molar-refractivity contribution in [3.05, 3.63) is 28.8 Å². The summed E-state index contributed by atoms with van der Waals surface area (Å²) in [5.41, 5.74) is 0.288. The van der Waals surface area contributed by atoms with E-state index in [1.54, 1.807) is 0 Å². The van der Waals surface area contributed by atoms with Gasteiger partial charge in [0.25, 0.3) is 0 Å². The fourth-order valence-electron chi connectivity index (χ4n) is 3.08. The van der Waals surface area contributed by atoms with Gasteiger partial charge in [-0.05, 0) is 37.6 Å². The Morgan fingerprint density at radius 2 is 2.10 bits per heavy atom. The lowest BCUT2D eigenvalue weighted by atomic mass is 10.2. The first-order valence-electron chi connectivity index (χ1n) is 6.96. The normalized spacial score (nSPS) is 23.7. The first-order chi connectivity index (χ1) is 10.0. The maximum absolute atomic E-state index is 12.7. The van der Waals surface area contributed by atoms with Gasteiger partial charge in [0, 0.05) is 25.7 Å². The molecule has 5 nitrogen and oxygen atoms in total. The zero-order valence-electron chi connectivity index (χ0n) is 11.5. The molecule has 0 saturated carbocycles. The third-order valence-electron chi connectivity index (χ3n) is 4.25. The molecule has 1 aromatic rings. The molecular weight excluding hydrogens is 310 g/mol. The second-order valence-corrected chi connectivity index (χ2v) is 7.79. The summed E-state index contributed by atoms with van der Waals surface area (Å²) in [6.07, 6.45) is 2.20. The molecule has 1 unspecified atom stereocenters. The third-order valence-corrected chi connectivity index (χ3v) is 6.42. The van der Waals surface area contributed by atoms with Crippen molar-refractivity contribution in [3.63, 3.8) is 0 Å². The summed E-state index contributed by atoms with van der Waals surface area (Å²) >= 11 is 5.95. The van der Waals surface area contributed by atoms with Crippen molar-refractivity contribution in [2.24, 2.45) is 0 Å². The maximum atomic E-state index is 12.7. The molecule has 1 aromatic carbocycles. The van der Waals surface area contributed by atoms with Crippen molar-refractivity contribution in [2.75, 3.05) is 26.2 Å². The summed E-state index contributed by atoms with van der Waals surface area (Å²) in [6, 6.07) is 6.56. The number of hydrogen-bond donors (Lipinski definition) is 0. The number of halogens is 1. The van der Waals surface area contributed by atoms with Gasteiger partial charge in [-0.2, -0.15) is 9.57 Å². The van der Waals surface area contributed by atoms with Crippen LogP contribution in [-0.4, -0.2) is 49.8 Å². The highest BCUT2D eigenvalue weighted by atomic mass is 35.5. The van der Waals surface area contributed by atoms with Crippen LogP contribution in [0.4, 0.5) is 0 Å². The summed E-state index contributed by atoms with van der Waals surface area (Å²) in [7, 11) is -3.54. The lowest BCUT2D eigenvalue weighted by Crippen LogP contribution is -2.51. The number of rotatable bonds is 2. The fourth-order valence-corrected chi connectivity index (χ4v) is 4.86. The molecule has 0 N–H and O–H groups in total. The van der Waals surface area contributed by atoms with Crippen LogP contribution in [0, 0.1) is 11.3 Å². The molecule has 0 aliphatic carbocycles. The van der Waals surface area contributed by atoms with E-state index >= 15 is 0 Å². The van der Waals surface area contributed by atoms with E-state index in [1.807, 2.05) is 6.07 Å². The molecule has 2 saturated heterocycles. The Morgan fingerprint density at radius 1 is 1.29 bits per heavy atom. The number of sulfonamides is 1. The van der Waals surface area contributed by atoms with Gasteiger partial charge in [-0.1, -0.05) is 11.6 Å². The summed E-state index contributed by atoms with van der Waals surface area (Å²) in [6.45, 7) is 2.91. The van der Waals surface area contributed by atoms with Crippen LogP contribution < -0.4 is 0 Å². The highest BCUT2D eigenvalue weighted by Gasteiger charge is 2.36. The van der Waals surface area contributed by atoms with E-state index < -0.39 is 10.0 Å². The quantitative estimate of drug-likeness (QED) is 0.830. The Bertz CT molecular complexity index is 699. The minimum atomic E-state index is -3.54. The molecule has 0 spiro atoms. The number of benzene rings is 1. The Balaban J connectivity index is 1.87. The Hall–Kier alpha value is -1.13. The Labute approximate surface area is 129 Å². The second-order valence-electron chi connectivity index (χ2n) is 5.45. The zero-order valence-corrected chi connectivity index (χ0v) is 13.1. The monoisotopic (exact) mass is 325 g/mol. The van der Waals surface area contributed by atoms with Crippen LogP contribution in [0.25, 0.3) is 0 Å². The highest BCUT2D eigenvalue weighted by molar-refractivity contribution is 7.89. The fraction of sp³-hybridized carbons (Fsp3) is 0.500. The molecule has 1 atom stereocenters.